The van der Waals surface area contributed by atoms with Crippen molar-refractivity contribution in [3.8, 4) is 5.69 Å². The number of hydrogen-bond donors (Lipinski definition) is 1. The van der Waals surface area contributed by atoms with Gasteiger partial charge in [0.25, 0.3) is 0 Å². The number of piperidine rings is 1. The molecule has 2 aliphatic rings. The van der Waals surface area contributed by atoms with Crippen LogP contribution in [-0.2, 0) is 21.2 Å². The molecule has 3 aromatic rings. The molecule has 9 nitrogen and oxygen atoms in total. The van der Waals surface area contributed by atoms with E-state index in [0.717, 1.165) is 12.8 Å². The highest BCUT2D eigenvalue weighted by Crippen LogP contribution is 2.32. The van der Waals surface area contributed by atoms with Crippen molar-refractivity contribution in [1.82, 2.24) is 29.8 Å². The summed E-state index contributed by atoms with van der Waals surface area (Å²) < 4.78 is 29.0. The van der Waals surface area contributed by atoms with E-state index in [1.54, 1.807) is 24.3 Å². The SMILES string of the molecule is O=C(N[C@@H]1CCc2ccccc21)C1CCN(S(=O)(=O)c2ccc(-n3cnnn3)cc2)CC1. The summed E-state index contributed by atoms with van der Waals surface area (Å²) in [6.45, 7) is 0.660. The zero-order valence-electron chi connectivity index (χ0n) is 17.5. The number of carbonyl (C=O) groups is 1. The summed E-state index contributed by atoms with van der Waals surface area (Å²) in [5.41, 5.74) is 3.17. The summed E-state index contributed by atoms with van der Waals surface area (Å²) in [7, 11) is -3.62. The van der Waals surface area contributed by atoms with Crippen LogP contribution in [0, 0.1) is 5.92 Å². The van der Waals surface area contributed by atoms with Gasteiger partial charge in [-0.2, -0.15) is 4.31 Å². The molecule has 1 N–H and O–H groups in total. The number of benzene rings is 2. The van der Waals surface area contributed by atoms with Gasteiger partial charge in [0.2, 0.25) is 15.9 Å². The number of hydrogen-bond acceptors (Lipinski definition) is 6. The van der Waals surface area contributed by atoms with E-state index in [-0.39, 0.29) is 22.8 Å². The Labute approximate surface area is 186 Å². The predicted molar refractivity (Wildman–Crippen MR) is 116 cm³/mol. The van der Waals surface area contributed by atoms with Crippen molar-refractivity contribution >= 4 is 15.9 Å². The van der Waals surface area contributed by atoms with Crippen LogP contribution in [0.2, 0.25) is 0 Å². The largest absolute Gasteiger partial charge is 0.349 e. The number of aromatic nitrogens is 4. The number of carbonyl (C=O) groups excluding carboxylic acids is 1. The van der Waals surface area contributed by atoms with Gasteiger partial charge in [-0.1, -0.05) is 24.3 Å². The van der Waals surface area contributed by atoms with Gasteiger partial charge in [-0.15, -0.1) is 5.10 Å². The molecule has 2 aromatic carbocycles. The molecule has 0 unspecified atom stereocenters. The topological polar surface area (TPSA) is 110 Å². The van der Waals surface area contributed by atoms with Gasteiger partial charge in [-0.25, -0.2) is 13.1 Å². The number of aryl methyl sites for hydroxylation is 1. The molecular weight excluding hydrogens is 428 g/mol. The van der Waals surface area contributed by atoms with E-state index >= 15 is 0 Å². The zero-order valence-corrected chi connectivity index (χ0v) is 18.3. The summed E-state index contributed by atoms with van der Waals surface area (Å²) >= 11 is 0. The molecule has 1 aliphatic heterocycles. The normalized spacial score (nSPS) is 19.6. The summed E-state index contributed by atoms with van der Waals surface area (Å²) in [6.07, 6.45) is 4.37. The van der Waals surface area contributed by atoms with Crippen molar-refractivity contribution in [1.29, 1.82) is 0 Å². The first kappa shape index (κ1) is 20.8. The Balaban J connectivity index is 1.20. The molecule has 0 radical (unpaired) electrons. The highest BCUT2D eigenvalue weighted by atomic mass is 32.2. The molecule has 1 aliphatic carbocycles. The minimum absolute atomic E-state index is 0.0227. The molecule has 1 atom stereocenters. The Bertz CT molecular complexity index is 1200. The molecule has 2 heterocycles. The fourth-order valence-electron chi connectivity index (χ4n) is 4.55. The predicted octanol–water partition coefficient (Wildman–Crippen LogP) is 1.87. The molecule has 0 spiro atoms. The van der Waals surface area contributed by atoms with Crippen molar-refractivity contribution < 1.29 is 13.2 Å². The van der Waals surface area contributed by atoms with Crippen molar-refractivity contribution in [2.75, 3.05) is 13.1 Å². The maximum absolute atomic E-state index is 13.1. The summed E-state index contributed by atoms with van der Waals surface area (Å²) in [6, 6.07) is 14.7. The smallest absolute Gasteiger partial charge is 0.243 e. The van der Waals surface area contributed by atoms with E-state index < -0.39 is 10.0 Å². The first-order valence-corrected chi connectivity index (χ1v) is 12.2. The minimum Gasteiger partial charge on any atom is -0.349 e. The van der Waals surface area contributed by atoms with Crippen LogP contribution in [0.3, 0.4) is 0 Å². The highest BCUT2D eigenvalue weighted by molar-refractivity contribution is 7.89. The number of nitrogens with zero attached hydrogens (tertiary/aromatic N) is 5. The second-order valence-electron chi connectivity index (χ2n) is 8.23. The Morgan fingerprint density at radius 3 is 2.47 bits per heavy atom. The van der Waals surface area contributed by atoms with Gasteiger partial charge in [-0.05, 0) is 71.5 Å². The first-order chi connectivity index (χ1) is 15.5. The lowest BCUT2D eigenvalue weighted by Gasteiger charge is -2.31. The summed E-state index contributed by atoms with van der Waals surface area (Å²) in [5, 5.41) is 14.1. The van der Waals surface area contributed by atoms with Gasteiger partial charge < -0.3 is 5.32 Å². The number of fused-ring (bicyclic) bond motifs is 1. The van der Waals surface area contributed by atoms with E-state index in [0.29, 0.717) is 31.6 Å². The maximum atomic E-state index is 13.1. The van der Waals surface area contributed by atoms with Crippen molar-refractivity contribution in [3.05, 3.63) is 66.0 Å². The molecule has 1 amide bonds. The lowest BCUT2D eigenvalue weighted by molar-refractivity contribution is -0.126. The molecule has 10 heteroatoms. The number of tetrazole rings is 1. The lowest BCUT2D eigenvalue weighted by atomic mass is 9.96. The van der Waals surface area contributed by atoms with E-state index in [1.165, 1.54) is 26.4 Å². The summed E-state index contributed by atoms with van der Waals surface area (Å²) in [5.74, 6) is -0.147. The van der Waals surface area contributed by atoms with Crippen LogP contribution in [0.15, 0.2) is 59.8 Å². The molecule has 1 aromatic heterocycles. The molecule has 32 heavy (non-hydrogen) atoms. The Kier molecular flexibility index (Phi) is 5.48. The Hall–Kier alpha value is -3.11. The first-order valence-electron chi connectivity index (χ1n) is 10.7. The molecule has 0 saturated carbocycles. The quantitative estimate of drug-likeness (QED) is 0.633. The summed E-state index contributed by atoms with van der Waals surface area (Å²) in [4.78, 5) is 13.1. The van der Waals surface area contributed by atoms with E-state index in [1.807, 2.05) is 12.1 Å². The number of amides is 1. The number of sulfonamides is 1. The van der Waals surface area contributed by atoms with Crippen LogP contribution >= 0.6 is 0 Å². The monoisotopic (exact) mass is 452 g/mol. The highest BCUT2D eigenvalue weighted by Gasteiger charge is 2.33. The number of rotatable bonds is 5. The van der Waals surface area contributed by atoms with Crippen molar-refractivity contribution in [2.45, 2.75) is 36.6 Å². The molecule has 166 valence electrons. The molecular formula is C22H24N6O3S. The van der Waals surface area contributed by atoms with E-state index in [2.05, 4.69) is 33.0 Å². The molecule has 1 fully saturated rings. The second-order valence-corrected chi connectivity index (χ2v) is 10.2. The van der Waals surface area contributed by atoms with Gasteiger partial charge in [0.15, 0.2) is 0 Å². The van der Waals surface area contributed by atoms with Gasteiger partial charge in [0.1, 0.15) is 6.33 Å². The van der Waals surface area contributed by atoms with Gasteiger partial charge >= 0.3 is 0 Å². The van der Waals surface area contributed by atoms with Crippen LogP contribution in [0.4, 0.5) is 0 Å². The van der Waals surface area contributed by atoms with Crippen LogP contribution in [0.5, 0.6) is 0 Å². The third-order valence-electron chi connectivity index (χ3n) is 6.36. The zero-order chi connectivity index (χ0) is 22.1. The number of nitrogens with one attached hydrogen (secondary N) is 1. The molecule has 5 rings (SSSR count). The van der Waals surface area contributed by atoms with Crippen LogP contribution in [0.1, 0.15) is 36.4 Å². The second kappa shape index (κ2) is 8.44. The minimum atomic E-state index is -3.62. The molecule has 0 bridgehead atoms. The van der Waals surface area contributed by atoms with Gasteiger partial charge in [0.05, 0.1) is 16.6 Å². The standard InChI is InChI=1S/C22H24N6O3S/c29-22(24-21-10-5-16-3-1-2-4-20(16)21)17-11-13-27(14-12-17)32(30,31)19-8-6-18(7-9-19)28-15-23-25-26-28/h1-4,6-9,15,17,21H,5,10-14H2,(H,24,29)/t21-/m1/s1. The van der Waals surface area contributed by atoms with Gasteiger partial charge in [-0.3, -0.25) is 4.79 Å². The lowest BCUT2D eigenvalue weighted by Crippen LogP contribution is -2.43. The third-order valence-corrected chi connectivity index (χ3v) is 8.27. The van der Waals surface area contributed by atoms with Crippen LogP contribution < -0.4 is 5.32 Å². The third kappa shape index (κ3) is 3.91. The average molecular weight is 453 g/mol. The Morgan fingerprint density at radius 2 is 1.75 bits per heavy atom. The maximum Gasteiger partial charge on any atom is 0.243 e. The fraction of sp³-hybridized carbons (Fsp3) is 0.364. The Morgan fingerprint density at radius 1 is 1.00 bits per heavy atom. The van der Waals surface area contributed by atoms with E-state index in [4.69, 9.17) is 0 Å². The van der Waals surface area contributed by atoms with Gasteiger partial charge in [0, 0.05) is 19.0 Å². The molecule has 1 saturated heterocycles. The fourth-order valence-corrected chi connectivity index (χ4v) is 6.02. The van der Waals surface area contributed by atoms with E-state index in [9.17, 15) is 13.2 Å². The van der Waals surface area contributed by atoms with Crippen LogP contribution in [0.25, 0.3) is 5.69 Å². The van der Waals surface area contributed by atoms with Crippen LogP contribution in [-0.4, -0.2) is 51.9 Å². The average Bonchev–Trinajstić information content (AvgIpc) is 3.50. The van der Waals surface area contributed by atoms with Crippen molar-refractivity contribution in [3.63, 3.8) is 0 Å². The van der Waals surface area contributed by atoms with Crippen molar-refractivity contribution in [2.24, 2.45) is 5.92 Å².